The van der Waals surface area contributed by atoms with Gasteiger partial charge in [-0.3, -0.25) is 19.2 Å². The Morgan fingerprint density at radius 1 is 1.06 bits per heavy atom. The summed E-state index contributed by atoms with van der Waals surface area (Å²) >= 11 is 2.06. The van der Waals surface area contributed by atoms with Crippen molar-refractivity contribution in [2.24, 2.45) is 0 Å². The number of imide groups is 1. The molecule has 1 aliphatic carbocycles. The van der Waals surface area contributed by atoms with Crippen LogP contribution in [0.15, 0.2) is 88.9 Å². The van der Waals surface area contributed by atoms with E-state index >= 15 is 0 Å². The van der Waals surface area contributed by atoms with Crippen LogP contribution >= 0.6 is 22.7 Å². The third-order valence-electron chi connectivity index (χ3n) is 8.06. The van der Waals surface area contributed by atoms with Gasteiger partial charge < -0.3 is 14.8 Å². The number of Topliss-reactive ketones (excluding diaryl/α,β-unsaturated/α-hetero) is 2. The summed E-state index contributed by atoms with van der Waals surface area (Å²) in [4.78, 5) is 78.6. The Morgan fingerprint density at radius 3 is 2.42 bits per heavy atom. The minimum absolute atomic E-state index is 0.0629. The number of carbonyl (C=O) groups is 5. The standard InChI is InChI=1S/C34H31N5O7S2/c1-4-25(41)24-18-48-34(36-24)39(33-35-23(17-47-33)20(3)40)31(43)29(19(2)21-11-7-5-8-12-21)38-30(42)28(37-32(38)44)27-16-45-15-26(46-27)22-13-9-6-10-14-22/h5-9,11-13,15-19,28-29H,4,10,14H2,1-3H3,(H,37,44)/t19-,28+,29-/m0/s1. The maximum absolute atomic E-state index is 14.9. The summed E-state index contributed by atoms with van der Waals surface area (Å²) in [6.45, 7) is 4.80. The van der Waals surface area contributed by atoms with Crippen molar-refractivity contribution in [1.82, 2.24) is 20.2 Å². The van der Waals surface area contributed by atoms with Crippen LogP contribution in [-0.4, -0.2) is 56.4 Å². The first-order valence-electron chi connectivity index (χ1n) is 15.2. The van der Waals surface area contributed by atoms with Gasteiger partial charge in [0, 0.05) is 30.0 Å². The molecule has 4 amide bonds. The fourth-order valence-corrected chi connectivity index (χ4v) is 7.22. The summed E-state index contributed by atoms with van der Waals surface area (Å²) in [5, 5.41) is 5.92. The van der Waals surface area contributed by atoms with Crippen LogP contribution in [0, 0.1) is 0 Å². The lowest BCUT2D eigenvalue weighted by molar-refractivity contribution is -0.135. The summed E-state index contributed by atoms with van der Waals surface area (Å²) in [6.07, 6.45) is 10.2. The predicted octanol–water partition coefficient (Wildman–Crippen LogP) is 6.16. The molecule has 4 heterocycles. The SMILES string of the molecule is CCC(=O)c1csc(N(C(=O)[C@H]([C@@H](C)c2ccccc2)N2C(=O)N[C@H](C3=COC=C(C4=CC=CCC4)O3)C2=O)c2nc(C(C)=O)cs2)n1. The third kappa shape index (κ3) is 6.36. The number of amides is 4. The van der Waals surface area contributed by atoms with Crippen molar-refractivity contribution in [2.75, 3.05) is 4.90 Å². The number of allylic oxidation sites excluding steroid dienone is 4. The van der Waals surface area contributed by atoms with Crippen LogP contribution in [-0.2, 0) is 19.1 Å². The number of nitrogens with one attached hydrogen (secondary N) is 1. The largest absolute Gasteiger partial charge is 0.465 e. The van der Waals surface area contributed by atoms with Crippen molar-refractivity contribution in [2.45, 2.75) is 58.0 Å². The molecule has 1 aromatic carbocycles. The minimum atomic E-state index is -1.41. The number of hydrogen-bond acceptors (Lipinski definition) is 11. The van der Waals surface area contributed by atoms with E-state index in [0.717, 1.165) is 39.6 Å². The van der Waals surface area contributed by atoms with Crippen molar-refractivity contribution in [3.05, 3.63) is 106 Å². The number of aromatic nitrogens is 2. The van der Waals surface area contributed by atoms with Gasteiger partial charge in [0.2, 0.25) is 0 Å². The lowest BCUT2D eigenvalue weighted by Crippen LogP contribution is -2.53. The fraction of sp³-hybridized carbons (Fsp3) is 0.265. The van der Waals surface area contributed by atoms with Gasteiger partial charge in [-0.15, -0.1) is 22.7 Å². The van der Waals surface area contributed by atoms with Gasteiger partial charge in [-0.1, -0.05) is 62.4 Å². The first kappa shape index (κ1) is 32.7. The fourth-order valence-electron chi connectivity index (χ4n) is 5.46. The number of hydrogen-bond donors (Lipinski definition) is 1. The van der Waals surface area contributed by atoms with Crippen LogP contribution in [0.2, 0.25) is 0 Å². The Kier molecular flexibility index (Phi) is 9.46. The molecule has 246 valence electrons. The van der Waals surface area contributed by atoms with Gasteiger partial charge in [-0.2, -0.15) is 0 Å². The number of ketones is 2. The summed E-state index contributed by atoms with van der Waals surface area (Å²) < 4.78 is 11.6. The summed E-state index contributed by atoms with van der Waals surface area (Å²) in [5.74, 6) is -2.21. The van der Waals surface area contributed by atoms with Gasteiger partial charge in [0.25, 0.3) is 11.8 Å². The molecule has 1 N–H and O–H groups in total. The van der Waals surface area contributed by atoms with Gasteiger partial charge in [-0.25, -0.2) is 24.6 Å². The highest BCUT2D eigenvalue weighted by Gasteiger charge is 2.51. The van der Waals surface area contributed by atoms with Crippen LogP contribution in [0.4, 0.5) is 15.1 Å². The molecule has 0 radical (unpaired) electrons. The Hall–Kier alpha value is -5.21. The van der Waals surface area contributed by atoms with Gasteiger partial charge in [0.15, 0.2) is 39.4 Å². The molecule has 14 heteroatoms. The number of urea groups is 1. The molecule has 12 nitrogen and oxygen atoms in total. The topological polar surface area (TPSA) is 148 Å². The Morgan fingerprint density at radius 2 is 1.77 bits per heavy atom. The summed E-state index contributed by atoms with van der Waals surface area (Å²) in [7, 11) is 0. The summed E-state index contributed by atoms with van der Waals surface area (Å²) in [6, 6.07) is 5.52. The average molecular weight is 686 g/mol. The second-order valence-electron chi connectivity index (χ2n) is 11.2. The van der Waals surface area contributed by atoms with E-state index in [9.17, 15) is 24.0 Å². The normalized spacial score (nSPS) is 18.5. The highest BCUT2D eigenvalue weighted by Crippen LogP contribution is 2.37. The van der Waals surface area contributed by atoms with Gasteiger partial charge in [-0.05, 0) is 24.0 Å². The second kappa shape index (κ2) is 13.9. The monoisotopic (exact) mass is 685 g/mol. The van der Waals surface area contributed by atoms with E-state index in [2.05, 4.69) is 15.3 Å². The second-order valence-corrected chi connectivity index (χ2v) is 12.8. The van der Waals surface area contributed by atoms with Crippen LogP contribution < -0.4 is 10.2 Å². The minimum Gasteiger partial charge on any atom is -0.465 e. The van der Waals surface area contributed by atoms with Crippen molar-refractivity contribution in [3.63, 3.8) is 0 Å². The van der Waals surface area contributed by atoms with Crippen molar-refractivity contribution < 1.29 is 33.4 Å². The maximum atomic E-state index is 14.9. The molecule has 2 aromatic heterocycles. The van der Waals surface area contributed by atoms with Crippen LogP contribution in [0.5, 0.6) is 0 Å². The molecule has 3 atom stereocenters. The van der Waals surface area contributed by atoms with Crippen LogP contribution in [0.25, 0.3) is 0 Å². The first-order valence-corrected chi connectivity index (χ1v) is 17.0. The highest BCUT2D eigenvalue weighted by molar-refractivity contribution is 7.16. The zero-order valence-corrected chi connectivity index (χ0v) is 27.9. The van der Waals surface area contributed by atoms with Gasteiger partial charge in [0.1, 0.15) is 30.0 Å². The number of thiazole rings is 2. The Balaban J connectivity index is 1.39. The van der Waals surface area contributed by atoms with E-state index in [1.54, 1.807) is 38.1 Å². The molecule has 1 fully saturated rings. The molecule has 0 unspecified atom stereocenters. The van der Waals surface area contributed by atoms with Crippen LogP contribution in [0.1, 0.15) is 72.5 Å². The number of nitrogens with zero attached hydrogens (tertiary/aromatic N) is 4. The molecular weight excluding hydrogens is 655 g/mol. The van der Waals surface area contributed by atoms with E-state index in [1.165, 1.54) is 35.1 Å². The Labute approximate surface area is 284 Å². The van der Waals surface area contributed by atoms with Crippen LogP contribution in [0.3, 0.4) is 0 Å². The summed E-state index contributed by atoms with van der Waals surface area (Å²) in [5.41, 5.74) is 1.85. The zero-order valence-electron chi connectivity index (χ0n) is 26.2. The van der Waals surface area contributed by atoms with Crippen molar-refractivity contribution >= 4 is 62.3 Å². The number of rotatable bonds is 11. The van der Waals surface area contributed by atoms with Crippen molar-refractivity contribution in [1.29, 1.82) is 0 Å². The molecule has 0 saturated carbocycles. The Bertz CT molecular complexity index is 1910. The van der Waals surface area contributed by atoms with E-state index < -0.39 is 35.8 Å². The van der Waals surface area contributed by atoms with Gasteiger partial charge >= 0.3 is 6.03 Å². The number of ether oxygens (including phenoxy) is 2. The van der Waals surface area contributed by atoms with E-state index in [1.807, 2.05) is 24.3 Å². The number of benzene rings is 1. The van der Waals surface area contributed by atoms with E-state index in [-0.39, 0.29) is 45.4 Å². The average Bonchev–Trinajstić information content (AvgIpc) is 3.86. The molecular formula is C34H31N5O7S2. The van der Waals surface area contributed by atoms with E-state index in [4.69, 9.17) is 9.47 Å². The van der Waals surface area contributed by atoms with Crippen molar-refractivity contribution in [3.8, 4) is 0 Å². The predicted molar refractivity (Wildman–Crippen MR) is 179 cm³/mol. The molecule has 0 bridgehead atoms. The lowest BCUT2D eigenvalue weighted by Gasteiger charge is -2.32. The maximum Gasteiger partial charge on any atom is 0.325 e. The molecule has 48 heavy (non-hydrogen) atoms. The molecule has 1 saturated heterocycles. The molecule has 3 aromatic rings. The smallest absolute Gasteiger partial charge is 0.325 e. The molecule has 0 spiro atoms. The number of anilines is 2. The zero-order chi connectivity index (χ0) is 33.9. The highest BCUT2D eigenvalue weighted by atomic mass is 32.1. The lowest BCUT2D eigenvalue weighted by atomic mass is 9.91. The quantitative estimate of drug-likeness (QED) is 0.185. The molecule has 3 aliphatic rings. The molecule has 6 rings (SSSR count). The molecule has 2 aliphatic heterocycles. The van der Waals surface area contributed by atoms with Gasteiger partial charge in [0.05, 0.1) is 0 Å². The van der Waals surface area contributed by atoms with E-state index in [0.29, 0.717) is 17.7 Å². The third-order valence-corrected chi connectivity index (χ3v) is 9.71. The first-order chi connectivity index (χ1) is 23.2. The number of carbonyl (C=O) groups excluding carboxylic acids is 5.